The van der Waals surface area contributed by atoms with E-state index in [0.29, 0.717) is 42.3 Å². The van der Waals surface area contributed by atoms with Gasteiger partial charge in [0.05, 0.1) is 22.3 Å². The van der Waals surface area contributed by atoms with E-state index in [2.05, 4.69) is 31.1 Å². The number of halogens is 3. The van der Waals surface area contributed by atoms with Crippen molar-refractivity contribution >= 4 is 27.5 Å². The molecule has 0 aromatic heterocycles. The molecule has 0 spiro atoms. The number of hydrogen-bond donors (Lipinski definition) is 1. The van der Waals surface area contributed by atoms with E-state index in [1.807, 2.05) is 23.3 Å². The number of amides is 1. The van der Waals surface area contributed by atoms with E-state index in [4.69, 9.17) is 0 Å². The number of alkyl halides is 3. The van der Waals surface area contributed by atoms with Gasteiger partial charge in [0.1, 0.15) is 0 Å². The number of nitrogens with one attached hydrogen (secondary N) is 1. The number of likely N-dealkylation sites (tertiary alicyclic amines) is 1. The van der Waals surface area contributed by atoms with Gasteiger partial charge in [0.2, 0.25) is 5.91 Å². The van der Waals surface area contributed by atoms with Crippen LogP contribution >= 0.6 is 11.8 Å². The Kier molecular flexibility index (Phi) is 10.1. The molecule has 0 bridgehead atoms. The quantitative estimate of drug-likeness (QED) is 0.360. The Morgan fingerprint density at radius 3 is 2.44 bits per heavy atom. The molecule has 1 amide bonds. The van der Waals surface area contributed by atoms with Gasteiger partial charge in [-0.2, -0.15) is 13.2 Å². The fourth-order valence-corrected chi connectivity index (χ4v) is 8.16. The molecule has 1 aliphatic heterocycles. The monoisotopic (exact) mass is 611 g/mol. The van der Waals surface area contributed by atoms with Crippen LogP contribution in [-0.4, -0.2) is 73.9 Å². The molecular formula is C30H40F3N3O3S2. The second-order valence-electron chi connectivity index (χ2n) is 11.5. The van der Waals surface area contributed by atoms with Gasteiger partial charge in [-0.3, -0.25) is 4.79 Å². The third kappa shape index (κ3) is 7.66. The van der Waals surface area contributed by atoms with E-state index >= 15 is 0 Å². The lowest BCUT2D eigenvalue weighted by Crippen LogP contribution is -2.52. The normalized spacial score (nSPS) is 24.0. The zero-order valence-electron chi connectivity index (χ0n) is 24.0. The molecule has 0 radical (unpaired) electrons. The second-order valence-corrected chi connectivity index (χ2v) is 14.4. The molecule has 41 heavy (non-hydrogen) atoms. The van der Waals surface area contributed by atoms with E-state index in [-0.39, 0.29) is 36.2 Å². The molecule has 1 N–H and O–H groups in total. The molecule has 1 saturated carbocycles. The first-order valence-electron chi connectivity index (χ1n) is 14.1. The van der Waals surface area contributed by atoms with Gasteiger partial charge in [-0.05, 0) is 94.6 Å². The van der Waals surface area contributed by atoms with Crippen LogP contribution in [0.1, 0.15) is 50.7 Å². The molecule has 1 saturated heterocycles. The van der Waals surface area contributed by atoms with Gasteiger partial charge in [-0.25, -0.2) is 8.42 Å². The second kappa shape index (κ2) is 13.1. The minimum absolute atomic E-state index is 0.0369. The van der Waals surface area contributed by atoms with Crippen molar-refractivity contribution in [3.63, 3.8) is 0 Å². The predicted molar refractivity (Wildman–Crippen MR) is 156 cm³/mol. The van der Waals surface area contributed by atoms with Gasteiger partial charge in [-0.1, -0.05) is 18.2 Å². The minimum Gasteiger partial charge on any atom is -0.338 e. The summed E-state index contributed by atoms with van der Waals surface area (Å²) in [7, 11) is -1.52. The van der Waals surface area contributed by atoms with Gasteiger partial charge in [0.25, 0.3) is 0 Å². The molecule has 2 fully saturated rings. The summed E-state index contributed by atoms with van der Waals surface area (Å²) < 4.78 is 66.5. The summed E-state index contributed by atoms with van der Waals surface area (Å²) in [5.41, 5.74) is -0.258. The lowest BCUT2D eigenvalue weighted by molar-refractivity contribution is -0.137. The highest BCUT2D eigenvalue weighted by Crippen LogP contribution is 2.36. The maximum atomic E-state index is 13.6. The average Bonchev–Trinajstić information content (AvgIpc) is 3.30. The van der Waals surface area contributed by atoms with Crippen LogP contribution in [-0.2, 0) is 27.4 Å². The summed E-state index contributed by atoms with van der Waals surface area (Å²) in [6.45, 7) is 4.88. The first-order valence-corrected chi connectivity index (χ1v) is 17.0. The molecule has 6 nitrogen and oxygen atoms in total. The molecule has 4 rings (SSSR count). The van der Waals surface area contributed by atoms with Crippen molar-refractivity contribution in [1.29, 1.82) is 0 Å². The Morgan fingerprint density at radius 1 is 1.10 bits per heavy atom. The van der Waals surface area contributed by atoms with Crippen LogP contribution in [0.4, 0.5) is 13.2 Å². The van der Waals surface area contributed by atoms with Gasteiger partial charge in [0, 0.05) is 36.1 Å². The van der Waals surface area contributed by atoms with Gasteiger partial charge in [0.15, 0.2) is 9.84 Å². The molecule has 2 aromatic rings. The van der Waals surface area contributed by atoms with Crippen molar-refractivity contribution in [2.45, 2.75) is 86.2 Å². The molecule has 1 heterocycles. The lowest BCUT2D eigenvalue weighted by Gasteiger charge is -2.44. The molecule has 4 atom stereocenters. The van der Waals surface area contributed by atoms with Crippen LogP contribution in [0.2, 0.25) is 0 Å². The van der Waals surface area contributed by atoms with E-state index in [0.717, 1.165) is 23.4 Å². The number of benzene rings is 2. The van der Waals surface area contributed by atoms with Crippen molar-refractivity contribution in [3.05, 3.63) is 59.7 Å². The fourth-order valence-electron chi connectivity index (χ4n) is 6.08. The number of carbonyl (C=O) groups is 1. The van der Waals surface area contributed by atoms with Crippen LogP contribution in [0.5, 0.6) is 0 Å². The highest BCUT2D eigenvalue weighted by molar-refractivity contribution is 7.98. The third-order valence-corrected chi connectivity index (χ3v) is 11.2. The molecule has 11 heteroatoms. The summed E-state index contributed by atoms with van der Waals surface area (Å²) in [6, 6.07) is 11.9. The van der Waals surface area contributed by atoms with Crippen LogP contribution in [0.25, 0.3) is 0 Å². The fraction of sp³-hybridized carbons (Fsp3) is 0.567. The summed E-state index contributed by atoms with van der Waals surface area (Å²) >= 11 is 1.55. The highest BCUT2D eigenvalue weighted by Gasteiger charge is 2.44. The topological polar surface area (TPSA) is 69.7 Å². The molecule has 226 valence electrons. The van der Waals surface area contributed by atoms with Crippen molar-refractivity contribution < 1.29 is 26.4 Å². The average molecular weight is 612 g/mol. The SMILES string of the molecule is CSc1ccc(S(=O)(=O)C[C@@H]2C[C@H](N(C)C(C)C)CC[C@@H]2N2CCC(NCc3cccc(C(F)(F)F)c3)C2=O)cc1. The van der Waals surface area contributed by atoms with Crippen molar-refractivity contribution in [2.24, 2.45) is 5.92 Å². The number of carbonyl (C=O) groups excluding carboxylic acids is 1. The molecule has 2 aromatic carbocycles. The standard InChI is InChI=1S/C30H40F3N3O3S2/c1-20(2)35(3)24-8-13-28(22(17-24)19-41(38,39)26-11-9-25(40-4)10-12-26)36-15-14-27(29(36)37)34-18-21-6-5-7-23(16-21)30(31,32)33/h5-7,9-12,16,20,22,24,27-28,34H,8,13-15,17-19H2,1-4H3/t22-,24+,27?,28-/m0/s1. The Hall–Kier alpha value is -2.08. The third-order valence-electron chi connectivity index (χ3n) is 8.60. The predicted octanol–water partition coefficient (Wildman–Crippen LogP) is 5.47. The van der Waals surface area contributed by atoms with Crippen molar-refractivity contribution in [2.75, 3.05) is 25.6 Å². The van der Waals surface area contributed by atoms with E-state index in [9.17, 15) is 26.4 Å². The molecule has 1 unspecified atom stereocenters. The number of sulfone groups is 1. The maximum absolute atomic E-state index is 13.6. The summed E-state index contributed by atoms with van der Waals surface area (Å²) in [5, 5.41) is 3.15. The summed E-state index contributed by atoms with van der Waals surface area (Å²) in [5.74, 6) is -0.374. The minimum atomic E-state index is -4.43. The lowest BCUT2D eigenvalue weighted by atomic mass is 9.81. The largest absolute Gasteiger partial charge is 0.416 e. The van der Waals surface area contributed by atoms with Crippen LogP contribution in [0.15, 0.2) is 58.3 Å². The Bertz CT molecular complexity index is 1300. The Labute approximate surface area is 246 Å². The van der Waals surface area contributed by atoms with E-state index in [1.165, 1.54) is 6.07 Å². The van der Waals surface area contributed by atoms with Crippen LogP contribution in [0, 0.1) is 5.92 Å². The summed E-state index contributed by atoms with van der Waals surface area (Å²) in [6.07, 6.45) is 0.289. The number of rotatable bonds is 10. The van der Waals surface area contributed by atoms with E-state index in [1.54, 1.807) is 30.0 Å². The molecular weight excluding hydrogens is 571 g/mol. The Balaban J connectivity index is 1.49. The molecule has 1 aliphatic carbocycles. The van der Waals surface area contributed by atoms with Crippen molar-refractivity contribution in [3.8, 4) is 0 Å². The zero-order valence-corrected chi connectivity index (χ0v) is 25.7. The Morgan fingerprint density at radius 2 is 1.80 bits per heavy atom. The van der Waals surface area contributed by atoms with Crippen LogP contribution in [0.3, 0.4) is 0 Å². The number of nitrogens with zero attached hydrogens (tertiary/aromatic N) is 2. The molecule has 2 aliphatic rings. The highest BCUT2D eigenvalue weighted by atomic mass is 32.2. The first kappa shape index (κ1) is 31.8. The van der Waals surface area contributed by atoms with E-state index < -0.39 is 27.6 Å². The van der Waals surface area contributed by atoms with Gasteiger partial charge < -0.3 is 15.1 Å². The van der Waals surface area contributed by atoms with Crippen LogP contribution < -0.4 is 5.32 Å². The van der Waals surface area contributed by atoms with Gasteiger partial charge >= 0.3 is 6.18 Å². The van der Waals surface area contributed by atoms with Crippen molar-refractivity contribution in [1.82, 2.24) is 15.1 Å². The first-order chi connectivity index (χ1) is 19.3. The summed E-state index contributed by atoms with van der Waals surface area (Å²) in [4.78, 5) is 18.9. The zero-order chi connectivity index (χ0) is 29.9. The number of hydrogen-bond acceptors (Lipinski definition) is 6. The number of thioether (sulfide) groups is 1. The van der Waals surface area contributed by atoms with Gasteiger partial charge in [-0.15, -0.1) is 11.8 Å². The smallest absolute Gasteiger partial charge is 0.338 e. The maximum Gasteiger partial charge on any atom is 0.416 e.